The van der Waals surface area contributed by atoms with Crippen LogP contribution in [0.3, 0.4) is 0 Å². The fourth-order valence-corrected chi connectivity index (χ4v) is 2.96. The summed E-state index contributed by atoms with van der Waals surface area (Å²) in [4.78, 5) is 25.7. The zero-order chi connectivity index (χ0) is 17.6. The molecule has 0 radical (unpaired) electrons. The summed E-state index contributed by atoms with van der Waals surface area (Å²) >= 11 is 0. The van der Waals surface area contributed by atoms with Crippen LogP contribution in [-0.4, -0.2) is 23.3 Å². The Bertz CT molecular complexity index is 728. The molecule has 5 nitrogen and oxygen atoms in total. The Morgan fingerprint density at radius 2 is 1.76 bits per heavy atom. The SMILES string of the molecule is NC(C(=O)NCc1ccc(CN2CCCC2=O)cc1)c1ccccc1. The van der Waals surface area contributed by atoms with Gasteiger partial charge < -0.3 is 16.0 Å². The molecule has 0 saturated carbocycles. The van der Waals surface area contributed by atoms with Crippen molar-refractivity contribution in [1.82, 2.24) is 10.2 Å². The van der Waals surface area contributed by atoms with Crippen LogP contribution >= 0.6 is 0 Å². The minimum atomic E-state index is -0.665. The first-order chi connectivity index (χ1) is 12.1. The van der Waals surface area contributed by atoms with E-state index in [-0.39, 0.29) is 11.8 Å². The number of nitrogens with zero attached hydrogens (tertiary/aromatic N) is 1. The van der Waals surface area contributed by atoms with Crippen LogP contribution in [0.15, 0.2) is 54.6 Å². The highest BCUT2D eigenvalue weighted by Gasteiger charge is 2.20. The lowest BCUT2D eigenvalue weighted by Crippen LogP contribution is -2.33. The van der Waals surface area contributed by atoms with Gasteiger partial charge in [-0.3, -0.25) is 9.59 Å². The Hall–Kier alpha value is -2.66. The third-order valence-corrected chi connectivity index (χ3v) is 4.48. The Kier molecular flexibility index (Phi) is 5.46. The maximum atomic E-state index is 12.2. The number of hydrogen-bond acceptors (Lipinski definition) is 3. The van der Waals surface area contributed by atoms with Crippen molar-refractivity contribution >= 4 is 11.8 Å². The number of nitrogens with one attached hydrogen (secondary N) is 1. The first kappa shape index (κ1) is 17.2. The molecule has 2 aromatic rings. The molecule has 3 rings (SSSR count). The van der Waals surface area contributed by atoms with E-state index in [0.717, 1.165) is 29.7 Å². The molecule has 1 heterocycles. The van der Waals surface area contributed by atoms with Gasteiger partial charge in [0.1, 0.15) is 6.04 Å². The average molecular weight is 337 g/mol. The van der Waals surface area contributed by atoms with Gasteiger partial charge in [0, 0.05) is 26.1 Å². The fraction of sp³-hybridized carbons (Fsp3) is 0.300. The van der Waals surface area contributed by atoms with Crippen molar-refractivity contribution in [2.24, 2.45) is 5.73 Å². The molecule has 1 fully saturated rings. The summed E-state index contributed by atoms with van der Waals surface area (Å²) < 4.78 is 0. The molecule has 0 aliphatic carbocycles. The van der Waals surface area contributed by atoms with Crippen molar-refractivity contribution in [1.29, 1.82) is 0 Å². The molecule has 1 aliphatic rings. The molecule has 0 aromatic heterocycles. The zero-order valence-electron chi connectivity index (χ0n) is 14.2. The summed E-state index contributed by atoms with van der Waals surface area (Å²) in [6.45, 7) is 1.93. The normalized spacial score (nSPS) is 15.2. The second-order valence-electron chi connectivity index (χ2n) is 6.34. The molecular weight excluding hydrogens is 314 g/mol. The van der Waals surface area contributed by atoms with Crippen molar-refractivity contribution in [3.05, 3.63) is 71.3 Å². The Morgan fingerprint density at radius 1 is 1.08 bits per heavy atom. The highest BCUT2D eigenvalue weighted by atomic mass is 16.2. The van der Waals surface area contributed by atoms with Crippen LogP contribution in [-0.2, 0) is 22.7 Å². The van der Waals surface area contributed by atoms with Gasteiger partial charge in [-0.2, -0.15) is 0 Å². The van der Waals surface area contributed by atoms with Gasteiger partial charge in [-0.25, -0.2) is 0 Å². The van der Waals surface area contributed by atoms with Crippen molar-refractivity contribution in [3.63, 3.8) is 0 Å². The smallest absolute Gasteiger partial charge is 0.241 e. The molecule has 1 saturated heterocycles. The van der Waals surface area contributed by atoms with Crippen LogP contribution in [0.2, 0.25) is 0 Å². The lowest BCUT2D eigenvalue weighted by molar-refractivity contribution is -0.128. The summed E-state index contributed by atoms with van der Waals surface area (Å²) in [6, 6.07) is 16.6. The monoisotopic (exact) mass is 337 g/mol. The van der Waals surface area contributed by atoms with E-state index in [4.69, 9.17) is 5.73 Å². The minimum absolute atomic E-state index is 0.196. The van der Waals surface area contributed by atoms with Crippen LogP contribution in [0.25, 0.3) is 0 Å². The Balaban J connectivity index is 1.51. The molecular formula is C20H23N3O2. The van der Waals surface area contributed by atoms with E-state index in [1.54, 1.807) is 0 Å². The Labute approximate surface area is 147 Å². The van der Waals surface area contributed by atoms with Crippen LogP contribution in [0.1, 0.15) is 35.6 Å². The first-order valence-corrected chi connectivity index (χ1v) is 8.57. The van der Waals surface area contributed by atoms with E-state index < -0.39 is 6.04 Å². The quantitative estimate of drug-likeness (QED) is 0.848. The number of hydrogen-bond donors (Lipinski definition) is 2. The third kappa shape index (κ3) is 4.45. The van der Waals surface area contributed by atoms with E-state index in [2.05, 4.69) is 5.32 Å². The molecule has 130 valence electrons. The standard InChI is InChI=1S/C20H23N3O2/c21-19(17-5-2-1-3-6-17)20(25)22-13-15-8-10-16(11-9-15)14-23-12-4-7-18(23)24/h1-3,5-6,8-11,19H,4,7,12-14,21H2,(H,22,25). The van der Waals surface area contributed by atoms with Crippen LogP contribution in [0.5, 0.6) is 0 Å². The van der Waals surface area contributed by atoms with Gasteiger partial charge in [0.25, 0.3) is 0 Å². The van der Waals surface area contributed by atoms with Gasteiger partial charge in [-0.05, 0) is 23.1 Å². The molecule has 25 heavy (non-hydrogen) atoms. The van der Waals surface area contributed by atoms with Crippen LogP contribution < -0.4 is 11.1 Å². The third-order valence-electron chi connectivity index (χ3n) is 4.48. The van der Waals surface area contributed by atoms with Gasteiger partial charge in [0.2, 0.25) is 11.8 Å². The topological polar surface area (TPSA) is 75.4 Å². The lowest BCUT2D eigenvalue weighted by atomic mass is 10.1. The van der Waals surface area contributed by atoms with Crippen molar-refractivity contribution in [2.75, 3.05) is 6.54 Å². The fourth-order valence-electron chi connectivity index (χ4n) is 2.96. The van der Waals surface area contributed by atoms with E-state index in [1.807, 2.05) is 59.5 Å². The van der Waals surface area contributed by atoms with E-state index in [9.17, 15) is 9.59 Å². The van der Waals surface area contributed by atoms with Gasteiger partial charge >= 0.3 is 0 Å². The highest BCUT2D eigenvalue weighted by molar-refractivity contribution is 5.82. The summed E-state index contributed by atoms with van der Waals surface area (Å²) in [6.07, 6.45) is 1.61. The molecule has 0 spiro atoms. The van der Waals surface area contributed by atoms with Gasteiger partial charge in [0.05, 0.1) is 0 Å². The van der Waals surface area contributed by atoms with Gasteiger partial charge in [-0.15, -0.1) is 0 Å². The summed E-state index contributed by atoms with van der Waals surface area (Å²) in [5, 5.41) is 2.87. The molecule has 5 heteroatoms. The van der Waals surface area contributed by atoms with Crippen LogP contribution in [0, 0.1) is 0 Å². The number of carbonyl (C=O) groups excluding carboxylic acids is 2. The van der Waals surface area contributed by atoms with Crippen LogP contribution in [0.4, 0.5) is 0 Å². The minimum Gasteiger partial charge on any atom is -0.350 e. The molecule has 2 aromatic carbocycles. The van der Waals surface area contributed by atoms with Crippen molar-refractivity contribution < 1.29 is 9.59 Å². The summed E-state index contributed by atoms with van der Waals surface area (Å²) in [5.74, 6) is 0.0316. The molecule has 1 atom stereocenters. The number of rotatable bonds is 6. The maximum absolute atomic E-state index is 12.2. The predicted molar refractivity (Wildman–Crippen MR) is 96.3 cm³/mol. The van der Waals surface area contributed by atoms with Crippen molar-refractivity contribution in [3.8, 4) is 0 Å². The Morgan fingerprint density at radius 3 is 2.40 bits per heavy atom. The molecule has 1 unspecified atom stereocenters. The average Bonchev–Trinajstić information content (AvgIpc) is 3.05. The van der Waals surface area contributed by atoms with E-state index >= 15 is 0 Å². The van der Waals surface area contributed by atoms with Gasteiger partial charge in [0.15, 0.2) is 0 Å². The molecule has 2 amide bonds. The number of carbonyl (C=O) groups is 2. The summed E-state index contributed by atoms with van der Waals surface area (Å²) in [7, 11) is 0. The van der Waals surface area contributed by atoms with Gasteiger partial charge in [-0.1, -0.05) is 54.6 Å². The van der Waals surface area contributed by atoms with E-state index in [1.165, 1.54) is 0 Å². The maximum Gasteiger partial charge on any atom is 0.241 e. The number of nitrogens with two attached hydrogens (primary N) is 1. The number of amides is 2. The van der Waals surface area contributed by atoms with E-state index in [0.29, 0.717) is 19.5 Å². The number of likely N-dealkylation sites (tertiary alicyclic amines) is 1. The second-order valence-corrected chi connectivity index (χ2v) is 6.34. The van der Waals surface area contributed by atoms with Crippen molar-refractivity contribution in [2.45, 2.75) is 32.0 Å². The second kappa shape index (κ2) is 7.94. The predicted octanol–water partition coefficient (Wildman–Crippen LogP) is 2.13. The summed E-state index contributed by atoms with van der Waals surface area (Å²) in [5.41, 5.74) is 8.89. The lowest BCUT2D eigenvalue weighted by Gasteiger charge is -2.16. The molecule has 3 N–H and O–H groups in total. The number of benzene rings is 2. The highest BCUT2D eigenvalue weighted by Crippen LogP contribution is 2.15. The largest absolute Gasteiger partial charge is 0.350 e. The first-order valence-electron chi connectivity index (χ1n) is 8.57. The zero-order valence-corrected chi connectivity index (χ0v) is 14.2. The molecule has 0 bridgehead atoms. The molecule has 1 aliphatic heterocycles.